The van der Waals surface area contributed by atoms with Gasteiger partial charge in [0, 0.05) is 43.1 Å². The molecule has 3 aliphatic rings. The number of rotatable bonds is 6. The molecule has 1 saturated heterocycles. The minimum atomic E-state index is 0.370. The van der Waals surface area contributed by atoms with Gasteiger partial charge in [0.1, 0.15) is 0 Å². The molecule has 6 unspecified atom stereocenters. The van der Waals surface area contributed by atoms with Crippen molar-refractivity contribution in [3.05, 3.63) is 24.3 Å². The lowest BCUT2D eigenvalue weighted by Crippen LogP contribution is -2.68. The molecule has 0 radical (unpaired) electrons. The first-order chi connectivity index (χ1) is 13.5. The van der Waals surface area contributed by atoms with Crippen molar-refractivity contribution in [2.24, 2.45) is 17.8 Å². The second-order valence-corrected chi connectivity index (χ2v) is 10.2. The molecule has 0 amide bonds. The molecule has 156 valence electrons. The molecule has 3 fully saturated rings. The number of piperidine rings is 1. The van der Waals surface area contributed by atoms with Gasteiger partial charge in [-0.15, -0.1) is 0 Å². The Balaban J connectivity index is 1.62. The van der Waals surface area contributed by atoms with Crippen LogP contribution in [0.4, 0.5) is 11.4 Å². The number of fused-ring (bicyclic) bond motifs is 2. The maximum absolute atomic E-state index is 4.28. The Morgan fingerprint density at radius 1 is 1.14 bits per heavy atom. The normalized spacial score (nSPS) is 37.2. The van der Waals surface area contributed by atoms with Gasteiger partial charge in [0.2, 0.25) is 0 Å². The first-order valence-corrected chi connectivity index (χ1v) is 11.8. The van der Waals surface area contributed by atoms with Crippen molar-refractivity contribution in [2.45, 2.75) is 89.3 Å². The van der Waals surface area contributed by atoms with Crippen LogP contribution in [-0.2, 0) is 0 Å². The van der Waals surface area contributed by atoms with E-state index in [1.54, 1.807) is 0 Å². The molecule has 2 aliphatic carbocycles. The van der Waals surface area contributed by atoms with Crippen LogP contribution < -0.4 is 15.5 Å². The Morgan fingerprint density at radius 3 is 2.64 bits per heavy atom. The first-order valence-electron chi connectivity index (χ1n) is 11.8. The summed E-state index contributed by atoms with van der Waals surface area (Å²) in [6.07, 6.45) is 12.3. The highest BCUT2D eigenvalue weighted by molar-refractivity contribution is 5.55. The van der Waals surface area contributed by atoms with E-state index >= 15 is 0 Å². The maximum atomic E-state index is 4.28. The fraction of sp³-hybridized carbons (Fsp3) is 0.760. The van der Waals surface area contributed by atoms with Crippen molar-refractivity contribution in [3.63, 3.8) is 0 Å². The van der Waals surface area contributed by atoms with Gasteiger partial charge in [0.05, 0.1) is 0 Å². The van der Waals surface area contributed by atoms with Crippen LogP contribution in [0.3, 0.4) is 0 Å². The summed E-state index contributed by atoms with van der Waals surface area (Å²) < 4.78 is 0. The monoisotopic (exact) mass is 383 g/mol. The van der Waals surface area contributed by atoms with Gasteiger partial charge >= 0.3 is 0 Å². The fourth-order valence-electron chi connectivity index (χ4n) is 6.53. The number of hydrogen-bond acceptors (Lipinski definition) is 3. The van der Waals surface area contributed by atoms with E-state index in [-0.39, 0.29) is 0 Å². The van der Waals surface area contributed by atoms with Crippen LogP contribution in [0.25, 0.3) is 0 Å². The van der Waals surface area contributed by atoms with Crippen molar-refractivity contribution in [1.29, 1.82) is 0 Å². The average Bonchev–Trinajstić information content (AvgIpc) is 3.15. The Morgan fingerprint density at radius 2 is 1.93 bits per heavy atom. The zero-order valence-corrected chi connectivity index (χ0v) is 18.5. The second kappa shape index (κ2) is 8.26. The summed E-state index contributed by atoms with van der Waals surface area (Å²) in [5.74, 6) is 2.41. The lowest BCUT2D eigenvalue weighted by Gasteiger charge is -2.58. The molecule has 1 heterocycles. The molecule has 6 atom stereocenters. The maximum Gasteiger partial charge on any atom is 0.0362 e. The van der Waals surface area contributed by atoms with Crippen molar-refractivity contribution in [2.75, 3.05) is 24.3 Å². The molecular weight excluding hydrogens is 342 g/mol. The average molecular weight is 384 g/mol. The van der Waals surface area contributed by atoms with Crippen molar-refractivity contribution in [1.82, 2.24) is 5.32 Å². The van der Waals surface area contributed by atoms with Gasteiger partial charge < -0.3 is 15.5 Å². The summed E-state index contributed by atoms with van der Waals surface area (Å²) in [6.45, 7) is 4.83. The van der Waals surface area contributed by atoms with Crippen molar-refractivity contribution in [3.8, 4) is 0 Å². The molecule has 28 heavy (non-hydrogen) atoms. The molecule has 0 spiro atoms. The highest BCUT2D eigenvalue weighted by Crippen LogP contribution is 2.50. The first kappa shape index (κ1) is 20.1. The fourth-order valence-corrected chi connectivity index (χ4v) is 6.53. The lowest BCUT2D eigenvalue weighted by molar-refractivity contribution is 0.0143. The topological polar surface area (TPSA) is 27.3 Å². The van der Waals surface area contributed by atoms with E-state index in [1.807, 2.05) is 0 Å². The van der Waals surface area contributed by atoms with Crippen molar-refractivity contribution >= 4 is 11.4 Å². The van der Waals surface area contributed by atoms with E-state index < -0.39 is 0 Å². The van der Waals surface area contributed by atoms with E-state index in [9.17, 15) is 0 Å². The summed E-state index contributed by atoms with van der Waals surface area (Å²) in [6, 6.07) is 10.4. The minimum absolute atomic E-state index is 0.370. The molecular formula is C25H41N3. The number of benzene rings is 1. The van der Waals surface area contributed by atoms with E-state index in [0.717, 1.165) is 23.8 Å². The van der Waals surface area contributed by atoms with E-state index in [2.05, 4.69) is 67.7 Å². The molecule has 0 aromatic heterocycles. The zero-order chi connectivity index (χ0) is 19.7. The van der Waals surface area contributed by atoms with Gasteiger partial charge in [-0.1, -0.05) is 33.1 Å². The van der Waals surface area contributed by atoms with Gasteiger partial charge in [-0.3, -0.25) is 0 Å². The molecule has 0 bridgehead atoms. The van der Waals surface area contributed by atoms with Crippen LogP contribution in [0.1, 0.15) is 71.6 Å². The summed E-state index contributed by atoms with van der Waals surface area (Å²) in [5, 5.41) is 8.36. The number of unbranched alkanes of at least 4 members (excludes halogenated alkanes) is 1. The quantitative estimate of drug-likeness (QED) is 0.663. The summed E-state index contributed by atoms with van der Waals surface area (Å²) >= 11 is 0. The Kier molecular flexibility index (Phi) is 5.92. The molecule has 2 N–H and O–H groups in total. The molecule has 2 saturated carbocycles. The third-order valence-corrected chi connectivity index (χ3v) is 8.08. The van der Waals surface area contributed by atoms with Gasteiger partial charge in [-0.05, 0) is 80.5 Å². The van der Waals surface area contributed by atoms with Gasteiger partial charge in [-0.2, -0.15) is 0 Å². The van der Waals surface area contributed by atoms with Gasteiger partial charge in [0.25, 0.3) is 0 Å². The zero-order valence-electron chi connectivity index (χ0n) is 18.5. The number of nitrogens with one attached hydrogen (secondary N) is 2. The Bertz CT molecular complexity index is 636. The molecule has 4 rings (SSSR count). The SMILES string of the molecule is CCCCC12CCC(C)CC1C(Nc1ccc(N(C)C)cc1)C1CCCC1N2. The van der Waals surface area contributed by atoms with E-state index in [4.69, 9.17) is 0 Å². The number of anilines is 2. The van der Waals surface area contributed by atoms with Crippen LogP contribution in [0, 0.1) is 17.8 Å². The van der Waals surface area contributed by atoms with Crippen LogP contribution in [0.15, 0.2) is 24.3 Å². The van der Waals surface area contributed by atoms with Crippen LogP contribution in [0.5, 0.6) is 0 Å². The smallest absolute Gasteiger partial charge is 0.0362 e. The Labute approximate surface area is 172 Å². The summed E-state index contributed by atoms with van der Waals surface area (Å²) in [4.78, 5) is 2.18. The van der Waals surface area contributed by atoms with Crippen LogP contribution in [-0.4, -0.2) is 31.7 Å². The largest absolute Gasteiger partial charge is 0.382 e. The molecule has 1 aromatic rings. The number of hydrogen-bond donors (Lipinski definition) is 2. The predicted octanol–water partition coefficient (Wildman–Crippen LogP) is 5.67. The predicted molar refractivity (Wildman–Crippen MR) is 121 cm³/mol. The van der Waals surface area contributed by atoms with E-state index in [1.165, 1.54) is 69.2 Å². The third kappa shape index (κ3) is 3.79. The van der Waals surface area contributed by atoms with Crippen LogP contribution >= 0.6 is 0 Å². The third-order valence-electron chi connectivity index (χ3n) is 8.08. The van der Waals surface area contributed by atoms with Gasteiger partial charge in [-0.25, -0.2) is 0 Å². The summed E-state index contributed by atoms with van der Waals surface area (Å²) in [5.41, 5.74) is 2.96. The molecule has 3 nitrogen and oxygen atoms in total. The highest BCUT2D eigenvalue weighted by atomic mass is 15.1. The second-order valence-electron chi connectivity index (χ2n) is 10.2. The molecule has 1 aliphatic heterocycles. The minimum Gasteiger partial charge on any atom is -0.382 e. The highest BCUT2D eigenvalue weighted by Gasteiger charge is 2.54. The van der Waals surface area contributed by atoms with Crippen molar-refractivity contribution < 1.29 is 0 Å². The Hall–Kier alpha value is -1.22. The van der Waals surface area contributed by atoms with E-state index in [0.29, 0.717) is 11.6 Å². The summed E-state index contributed by atoms with van der Waals surface area (Å²) in [7, 11) is 4.23. The standard InChI is InChI=1S/C25H41N3/c1-5-6-15-25-16-14-18(2)17-22(25)24(21-8-7-9-23(21)27-25)26-19-10-12-20(13-11-19)28(3)4/h10-13,18,21-24,26-27H,5-9,14-17H2,1-4H3. The lowest BCUT2D eigenvalue weighted by atomic mass is 9.59. The molecule has 1 aromatic carbocycles. The van der Waals surface area contributed by atoms with Gasteiger partial charge in [0.15, 0.2) is 0 Å². The number of nitrogens with zero attached hydrogens (tertiary/aromatic N) is 1. The molecule has 3 heteroatoms. The van der Waals surface area contributed by atoms with Crippen LogP contribution in [0.2, 0.25) is 0 Å².